The summed E-state index contributed by atoms with van der Waals surface area (Å²) >= 11 is 0. The summed E-state index contributed by atoms with van der Waals surface area (Å²) in [4.78, 5) is 12.4. The first-order valence-electron chi connectivity index (χ1n) is 10.1. The van der Waals surface area contributed by atoms with E-state index in [9.17, 15) is 9.18 Å². The van der Waals surface area contributed by atoms with E-state index >= 15 is 0 Å². The molecule has 4 heteroatoms. The van der Waals surface area contributed by atoms with Crippen molar-refractivity contribution in [2.24, 2.45) is 0 Å². The highest BCUT2D eigenvalue weighted by Gasteiger charge is 2.14. The van der Waals surface area contributed by atoms with Gasteiger partial charge in [0.05, 0.1) is 6.61 Å². The van der Waals surface area contributed by atoms with Crippen LogP contribution in [0.25, 0.3) is 10.8 Å². The molecule has 0 bridgehead atoms. The molecule has 28 heavy (non-hydrogen) atoms. The zero-order valence-electron chi connectivity index (χ0n) is 16.6. The van der Waals surface area contributed by atoms with Crippen molar-refractivity contribution in [3.05, 3.63) is 75.6 Å². The van der Waals surface area contributed by atoms with Crippen LogP contribution >= 0.6 is 0 Å². The number of fused-ring (bicyclic) bond motifs is 1. The van der Waals surface area contributed by atoms with Gasteiger partial charge in [0.25, 0.3) is 0 Å². The maximum atomic E-state index is 14.7. The number of hydrogen-bond acceptors (Lipinski definition) is 3. The van der Waals surface area contributed by atoms with Gasteiger partial charge < -0.3 is 9.15 Å². The highest BCUT2D eigenvalue weighted by Crippen LogP contribution is 2.25. The third-order valence-corrected chi connectivity index (χ3v) is 4.86. The van der Waals surface area contributed by atoms with Crippen molar-refractivity contribution in [1.29, 1.82) is 0 Å². The second-order valence-electron chi connectivity index (χ2n) is 7.11. The molecular weight excluding hydrogens is 355 g/mol. The number of hydrogen-bond donors (Lipinski definition) is 0. The Bertz CT molecular complexity index is 974. The molecule has 0 saturated carbocycles. The fourth-order valence-corrected chi connectivity index (χ4v) is 3.26. The maximum Gasteiger partial charge on any atom is 0.346 e. The second kappa shape index (κ2) is 9.54. The fourth-order valence-electron chi connectivity index (χ4n) is 3.26. The molecule has 0 aliphatic rings. The van der Waals surface area contributed by atoms with E-state index in [1.165, 1.54) is 11.1 Å². The number of rotatable bonds is 9. The van der Waals surface area contributed by atoms with Crippen LogP contribution in [0.15, 0.2) is 51.7 Å². The summed E-state index contributed by atoms with van der Waals surface area (Å²) in [5.74, 6) is 0.0303. The van der Waals surface area contributed by atoms with Crippen LogP contribution in [0.5, 0.6) is 5.75 Å². The third-order valence-electron chi connectivity index (χ3n) is 4.86. The molecule has 0 N–H and O–H groups in total. The van der Waals surface area contributed by atoms with E-state index in [1.54, 1.807) is 18.2 Å². The van der Waals surface area contributed by atoms with Crippen LogP contribution in [-0.2, 0) is 19.3 Å². The van der Waals surface area contributed by atoms with Gasteiger partial charge in [-0.3, -0.25) is 0 Å². The molecule has 1 heterocycles. The number of unbranched alkanes of at least 4 members (excludes halogenated alkanes) is 1. The van der Waals surface area contributed by atoms with Gasteiger partial charge in [0.1, 0.15) is 11.1 Å². The number of halogens is 1. The van der Waals surface area contributed by atoms with Crippen molar-refractivity contribution in [3.8, 4) is 5.75 Å². The molecule has 0 atom stereocenters. The predicted molar refractivity (Wildman–Crippen MR) is 111 cm³/mol. The lowest BCUT2D eigenvalue weighted by Crippen LogP contribution is -2.07. The molecule has 3 aromatic rings. The van der Waals surface area contributed by atoms with Crippen LogP contribution in [0.3, 0.4) is 0 Å². The first-order chi connectivity index (χ1) is 13.6. The average molecular weight is 382 g/mol. The molecule has 0 amide bonds. The molecule has 148 valence electrons. The van der Waals surface area contributed by atoms with E-state index in [4.69, 9.17) is 9.15 Å². The first-order valence-corrected chi connectivity index (χ1v) is 10.1. The van der Waals surface area contributed by atoms with E-state index in [1.807, 2.05) is 6.92 Å². The van der Waals surface area contributed by atoms with Crippen LogP contribution in [0.1, 0.15) is 50.0 Å². The minimum absolute atomic E-state index is 0.0401. The Morgan fingerprint density at radius 2 is 1.64 bits per heavy atom. The molecular formula is C24H27FO3. The van der Waals surface area contributed by atoms with Crippen LogP contribution in [0.2, 0.25) is 0 Å². The topological polar surface area (TPSA) is 39.4 Å². The lowest BCUT2D eigenvalue weighted by molar-refractivity contribution is 0.295. The Kier molecular flexibility index (Phi) is 6.85. The van der Waals surface area contributed by atoms with E-state index in [0.29, 0.717) is 24.2 Å². The molecule has 0 aliphatic heterocycles. The SMILES string of the molecule is CCCCOc1ccc2cc(CCc3ccc(CCC)cc3)oc(=O)c2c1F. The minimum atomic E-state index is -0.649. The zero-order valence-corrected chi connectivity index (χ0v) is 16.6. The van der Waals surface area contributed by atoms with Crippen molar-refractivity contribution < 1.29 is 13.5 Å². The molecule has 0 fully saturated rings. The molecule has 0 saturated heterocycles. The Morgan fingerprint density at radius 3 is 2.32 bits per heavy atom. The Morgan fingerprint density at radius 1 is 0.929 bits per heavy atom. The summed E-state index contributed by atoms with van der Waals surface area (Å²) in [5.41, 5.74) is 1.87. The van der Waals surface area contributed by atoms with Gasteiger partial charge in [-0.15, -0.1) is 0 Å². The average Bonchev–Trinajstić information content (AvgIpc) is 2.69. The van der Waals surface area contributed by atoms with Crippen molar-refractivity contribution in [3.63, 3.8) is 0 Å². The fraction of sp³-hybridized carbons (Fsp3) is 0.375. The first kappa shape index (κ1) is 20.1. The van der Waals surface area contributed by atoms with Crippen LogP contribution < -0.4 is 10.4 Å². The largest absolute Gasteiger partial charge is 0.490 e. The highest BCUT2D eigenvalue weighted by molar-refractivity contribution is 5.83. The summed E-state index contributed by atoms with van der Waals surface area (Å²) in [6, 6.07) is 13.6. The van der Waals surface area contributed by atoms with Gasteiger partial charge in [-0.25, -0.2) is 9.18 Å². The zero-order chi connectivity index (χ0) is 19.9. The minimum Gasteiger partial charge on any atom is -0.490 e. The molecule has 0 spiro atoms. The van der Waals surface area contributed by atoms with Gasteiger partial charge in [0.2, 0.25) is 0 Å². The van der Waals surface area contributed by atoms with Crippen molar-refractivity contribution in [1.82, 2.24) is 0 Å². The smallest absolute Gasteiger partial charge is 0.346 e. The van der Waals surface area contributed by atoms with Crippen LogP contribution in [0, 0.1) is 5.82 Å². The van der Waals surface area contributed by atoms with E-state index < -0.39 is 11.4 Å². The maximum absolute atomic E-state index is 14.7. The van der Waals surface area contributed by atoms with E-state index in [-0.39, 0.29) is 11.1 Å². The van der Waals surface area contributed by atoms with E-state index in [0.717, 1.165) is 32.1 Å². The number of ether oxygens (including phenoxy) is 1. The van der Waals surface area contributed by atoms with Gasteiger partial charge in [-0.2, -0.15) is 0 Å². The second-order valence-corrected chi connectivity index (χ2v) is 7.11. The highest BCUT2D eigenvalue weighted by atomic mass is 19.1. The summed E-state index contributed by atoms with van der Waals surface area (Å²) in [6.07, 6.45) is 5.36. The van der Waals surface area contributed by atoms with Crippen LogP contribution in [0.4, 0.5) is 4.39 Å². The van der Waals surface area contributed by atoms with Gasteiger partial charge in [-0.05, 0) is 47.9 Å². The number of benzene rings is 2. The molecule has 0 radical (unpaired) electrons. The Labute approximate surface area is 165 Å². The van der Waals surface area contributed by atoms with Crippen molar-refractivity contribution in [2.45, 2.75) is 52.4 Å². The monoisotopic (exact) mass is 382 g/mol. The lowest BCUT2D eigenvalue weighted by atomic mass is 10.0. The van der Waals surface area contributed by atoms with Gasteiger partial charge in [0, 0.05) is 6.42 Å². The normalized spacial score (nSPS) is 11.1. The Hall–Kier alpha value is -2.62. The molecule has 3 nitrogen and oxygen atoms in total. The third kappa shape index (κ3) is 4.80. The van der Waals surface area contributed by atoms with Gasteiger partial charge >= 0.3 is 5.63 Å². The molecule has 0 unspecified atom stereocenters. The van der Waals surface area contributed by atoms with Crippen LogP contribution in [-0.4, -0.2) is 6.61 Å². The Balaban J connectivity index is 1.76. The summed E-state index contributed by atoms with van der Waals surface area (Å²) in [5, 5.41) is 0.506. The summed E-state index contributed by atoms with van der Waals surface area (Å²) in [6.45, 7) is 4.63. The molecule has 1 aromatic heterocycles. The van der Waals surface area contributed by atoms with Gasteiger partial charge in [0.15, 0.2) is 11.6 Å². The van der Waals surface area contributed by atoms with Gasteiger partial charge in [-0.1, -0.05) is 57.0 Å². The molecule has 0 aliphatic carbocycles. The van der Waals surface area contributed by atoms with Crippen molar-refractivity contribution >= 4 is 10.8 Å². The van der Waals surface area contributed by atoms with E-state index in [2.05, 4.69) is 31.2 Å². The summed E-state index contributed by atoms with van der Waals surface area (Å²) < 4.78 is 25.5. The molecule has 3 rings (SSSR count). The predicted octanol–water partition coefficient (Wildman–Crippen LogP) is 5.85. The lowest BCUT2D eigenvalue weighted by Gasteiger charge is -2.09. The summed E-state index contributed by atoms with van der Waals surface area (Å²) in [7, 11) is 0. The number of aryl methyl sites for hydroxylation is 3. The molecule has 2 aromatic carbocycles. The van der Waals surface area contributed by atoms with Crippen molar-refractivity contribution in [2.75, 3.05) is 6.61 Å². The quantitative estimate of drug-likeness (QED) is 0.436. The standard InChI is InChI=1S/C24H27FO3/c1-3-5-15-27-21-14-12-19-16-20(28-24(26)22(19)23(21)25)13-11-18-9-7-17(6-4-2)8-10-18/h7-10,12,14,16H,3-6,11,13,15H2,1-2H3.